The van der Waals surface area contributed by atoms with Crippen molar-refractivity contribution in [2.75, 3.05) is 19.6 Å². The zero-order valence-electron chi connectivity index (χ0n) is 9.21. The number of likely N-dealkylation sites (tertiary alicyclic amines) is 1. The summed E-state index contributed by atoms with van der Waals surface area (Å²) in [6.45, 7) is 6.39. The number of nitrogens with zero attached hydrogens (tertiary/aromatic N) is 1. The fourth-order valence-corrected chi connectivity index (χ4v) is 3.29. The van der Waals surface area contributed by atoms with Crippen LogP contribution < -0.4 is 5.32 Å². The fraction of sp³-hybridized carbons (Fsp3) is 1.00. The molecule has 1 aliphatic carbocycles. The molecular weight excluding hydrogens is 172 g/mol. The molecule has 1 saturated carbocycles. The third-order valence-electron chi connectivity index (χ3n) is 4.51. The summed E-state index contributed by atoms with van der Waals surface area (Å²) >= 11 is 0. The standard InChI is InChI=1S/C12H22N2/c1-9(10-4-5-10)14-7-11-3-2-6-13-12(11)8-14/h9-13H,2-8H2,1H3. The maximum Gasteiger partial charge on any atom is 0.0235 e. The molecule has 14 heavy (non-hydrogen) atoms. The van der Waals surface area contributed by atoms with Crippen LogP contribution in [0.3, 0.4) is 0 Å². The predicted molar refractivity (Wildman–Crippen MR) is 58.3 cm³/mol. The minimum absolute atomic E-state index is 0.824. The van der Waals surface area contributed by atoms with Crippen LogP contribution in [0.25, 0.3) is 0 Å². The average Bonchev–Trinajstić information content (AvgIpc) is 2.95. The summed E-state index contributed by atoms with van der Waals surface area (Å²) in [7, 11) is 0. The molecule has 2 aliphatic heterocycles. The zero-order valence-corrected chi connectivity index (χ0v) is 9.21. The van der Waals surface area contributed by atoms with Crippen molar-refractivity contribution < 1.29 is 0 Å². The first kappa shape index (κ1) is 9.17. The third-order valence-corrected chi connectivity index (χ3v) is 4.51. The van der Waals surface area contributed by atoms with Crippen LogP contribution in [0.15, 0.2) is 0 Å². The molecular formula is C12H22N2. The van der Waals surface area contributed by atoms with Gasteiger partial charge in [-0.15, -0.1) is 0 Å². The lowest BCUT2D eigenvalue weighted by atomic mass is 9.94. The van der Waals surface area contributed by atoms with Crippen molar-refractivity contribution in [2.24, 2.45) is 11.8 Å². The zero-order chi connectivity index (χ0) is 9.54. The lowest BCUT2D eigenvalue weighted by molar-refractivity contribution is 0.225. The highest BCUT2D eigenvalue weighted by atomic mass is 15.2. The molecule has 0 bridgehead atoms. The van der Waals surface area contributed by atoms with E-state index in [4.69, 9.17) is 0 Å². The summed E-state index contributed by atoms with van der Waals surface area (Å²) in [5.74, 6) is 2.00. The van der Waals surface area contributed by atoms with Gasteiger partial charge in [-0.3, -0.25) is 4.90 Å². The summed E-state index contributed by atoms with van der Waals surface area (Å²) in [4.78, 5) is 2.74. The van der Waals surface area contributed by atoms with Crippen molar-refractivity contribution in [1.82, 2.24) is 10.2 Å². The van der Waals surface area contributed by atoms with Crippen molar-refractivity contribution >= 4 is 0 Å². The Morgan fingerprint density at radius 1 is 1.21 bits per heavy atom. The van der Waals surface area contributed by atoms with Gasteiger partial charge in [-0.05, 0) is 51.0 Å². The summed E-state index contributed by atoms with van der Waals surface area (Å²) < 4.78 is 0. The molecule has 3 rings (SSSR count). The summed E-state index contributed by atoms with van der Waals surface area (Å²) in [5, 5.41) is 3.68. The highest BCUT2D eigenvalue weighted by Crippen LogP contribution is 2.37. The van der Waals surface area contributed by atoms with Gasteiger partial charge >= 0.3 is 0 Å². The van der Waals surface area contributed by atoms with Crippen molar-refractivity contribution in [3.63, 3.8) is 0 Å². The van der Waals surface area contributed by atoms with Gasteiger partial charge in [0, 0.05) is 25.2 Å². The molecule has 0 radical (unpaired) electrons. The second kappa shape index (κ2) is 3.49. The number of piperidine rings is 1. The first-order chi connectivity index (χ1) is 6.84. The first-order valence-electron chi connectivity index (χ1n) is 6.32. The lowest BCUT2D eigenvalue weighted by Crippen LogP contribution is -2.41. The van der Waals surface area contributed by atoms with Crippen LogP contribution in [0.1, 0.15) is 32.6 Å². The molecule has 3 unspecified atom stereocenters. The van der Waals surface area contributed by atoms with Crippen molar-refractivity contribution in [3.05, 3.63) is 0 Å². The Labute approximate surface area is 87.0 Å². The Bertz CT molecular complexity index is 198. The van der Waals surface area contributed by atoms with Gasteiger partial charge in [0.25, 0.3) is 0 Å². The molecule has 3 aliphatic rings. The SMILES string of the molecule is CC(C1CC1)N1CC2CCCNC2C1. The van der Waals surface area contributed by atoms with Crippen LogP contribution in [0.4, 0.5) is 0 Å². The van der Waals surface area contributed by atoms with E-state index in [0.717, 1.165) is 23.9 Å². The molecule has 3 atom stereocenters. The van der Waals surface area contributed by atoms with Gasteiger partial charge in [0.15, 0.2) is 0 Å². The molecule has 1 N–H and O–H groups in total. The van der Waals surface area contributed by atoms with Crippen molar-refractivity contribution in [1.29, 1.82) is 0 Å². The van der Waals surface area contributed by atoms with Gasteiger partial charge in [0.1, 0.15) is 0 Å². The first-order valence-corrected chi connectivity index (χ1v) is 6.32. The van der Waals surface area contributed by atoms with Gasteiger partial charge in [-0.1, -0.05) is 0 Å². The van der Waals surface area contributed by atoms with Gasteiger partial charge < -0.3 is 5.32 Å². The minimum Gasteiger partial charge on any atom is -0.312 e. The summed E-state index contributed by atoms with van der Waals surface area (Å²) in [6.07, 6.45) is 5.83. The third kappa shape index (κ3) is 1.59. The molecule has 0 amide bonds. The number of nitrogens with one attached hydrogen (secondary N) is 1. The molecule has 0 aromatic heterocycles. The maximum absolute atomic E-state index is 3.68. The number of fused-ring (bicyclic) bond motifs is 1. The Balaban J connectivity index is 1.61. The van der Waals surface area contributed by atoms with E-state index in [-0.39, 0.29) is 0 Å². The highest BCUT2D eigenvalue weighted by Gasteiger charge is 2.40. The van der Waals surface area contributed by atoms with Gasteiger partial charge in [0.05, 0.1) is 0 Å². The van der Waals surface area contributed by atoms with E-state index >= 15 is 0 Å². The van der Waals surface area contributed by atoms with Crippen LogP contribution in [-0.4, -0.2) is 36.6 Å². The number of rotatable bonds is 2. The quantitative estimate of drug-likeness (QED) is 0.716. The lowest BCUT2D eigenvalue weighted by Gasteiger charge is -2.25. The van der Waals surface area contributed by atoms with E-state index in [0.29, 0.717) is 0 Å². The van der Waals surface area contributed by atoms with E-state index in [1.165, 1.54) is 45.3 Å². The van der Waals surface area contributed by atoms with Crippen LogP contribution in [-0.2, 0) is 0 Å². The largest absolute Gasteiger partial charge is 0.312 e. The van der Waals surface area contributed by atoms with Crippen molar-refractivity contribution in [2.45, 2.75) is 44.7 Å². The predicted octanol–water partition coefficient (Wildman–Crippen LogP) is 1.47. The average molecular weight is 194 g/mol. The van der Waals surface area contributed by atoms with Crippen molar-refractivity contribution in [3.8, 4) is 0 Å². The Kier molecular flexibility index (Phi) is 2.29. The fourth-order valence-electron chi connectivity index (χ4n) is 3.29. The molecule has 2 saturated heterocycles. The normalized spacial score (nSPS) is 40.9. The van der Waals surface area contributed by atoms with Crippen LogP contribution >= 0.6 is 0 Å². The summed E-state index contributed by atoms with van der Waals surface area (Å²) in [6, 6.07) is 1.69. The molecule has 0 spiro atoms. The second-order valence-electron chi connectivity index (χ2n) is 5.49. The maximum atomic E-state index is 3.68. The Hall–Kier alpha value is -0.0800. The van der Waals surface area contributed by atoms with Crippen LogP contribution in [0, 0.1) is 11.8 Å². The van der Waals surface area contributed by atoms with E-state index in [1.54, 1.807) is 0 Å². The monoisotopic (exact) mass is 194 g/mol. The molecule has 80 valence electrons. The topological polar surface area (TPSA) is 15.3 Å². The van der Waals surface area contributed by atoms with Crippen LogP contribution in [0.2, 0.25) is 0 Å². The van der Waals surface area contributed by atoms with Gasteiger partial charge in [0.2, 0.25) is 0 Å². The molecule has 2 heterocycles. The smallest absolute Gasteiger partial charge is 0.0235 e. The van der Waals surface area contributed by atoms with E-state index in [1.807, 2.05) is 0 Å². The number of hydrogen-bond acceptors (Lipinski definition) is 2. The van der Waals surface area contributed by atoms with E-state index < -0.39 is 0 Å². The van der Waals surface area contributed by atoms with Gasteiger partial charge in [-0.2, -0.15) is 0 Å². The van der Waals surface area contributed by atoms with E-state index in [2.05, 4.69) is 17.1 Å². The Morgan fingerprint density at radius 3 is 2.79 bits per heavy atom. The molecule has 2 heteroatoms. The molecule has 3 fully saturated rings. The second-order valence-corrected chi connectivity index (χ2v) is 5.49. The van der Waals surface area contributed by atoms with E-state index in [9.17, 15) is 0 Å². The minimum atomic E-state index is 0.824. The molecule has 0 aromatic rings. The molecule has 0 aromatic carbocycles. The Morgan fingerprint density at radius 2 is 2.07 bits per heavy atom. The summed E-state index contributed by atoms with van der Waals surface area (Å²) in [5.41, 5.74) is 0. The van der Waals surface area contributed by atoms with Crippen LogP contribution in [0.5, 0.6) is 0 Å². The number of hydrogen-bond donors (Lipinski definition) is 1. The van der Waals surface area contributed by atoms with Gasteiger partial charge in [-0.25, -0.2) is 0 Å². The molecule has 2 nitrogen and oxygen atoms in total. The highest BCUT2D eigenvalue weighted by molar-refractivity contribution is 4.96.